The van der Waals surface area contributed by atoms with Crippen molar-refractivity contribution < 1.29 is 4.79 Å². The summed E-state index contributed by atoms with van der Waals surface area (Å²) in [6.45, 7) is 6.08. The molecule has 1 unspecified atom stereocenters. The van der Waals surface area contributed by atoms with Gasteiger partial charge in [0.05, 0.1) is 46.1 Å². The third-order valence-electron chi connectivity index (χ3n) is 5.40. The molecule has 5 heterocycles. The largest absolute Gasteiger partial charge is 0.348 e. The molecule has 1 atom stereocenters. The minimum Gasteiger partial charge on any atom is -0.348 e. The molecular weight excluding hydrogens is 454 g/mol. The molecule has 0 fully saturated rings. The first-order chi connectivity index (χ1) is 16.0. The summed E-state index contributed by atoms with van der Waals surface area (Å²) in [5.41, 5.74) is 4.79. The summed E-state index contributed by atoms with van der Waals surface area (Å²) in [7, 11) is 0. The van der Waals surface area contributed by atoms with Crippen LogP contribution in [0.1, 0.15) is 46.5 Å². The minimum absolute atomic E-state index is 0.182. The number of imidazole rings is 2. The normalized spacial score (nSPS) is 12.2. The van der Waals surface area contributed by atoms with Crippen LogP contribution in [0, 0.1) is 6.92 Å². The lowest BCUT2D eigenvalue weighted by atomic mass is 10.1. The number of rotatable bonds is 7. The van der Waals surface area contributed by atoms with Crippen LogP contribution in [-0.4, -0.2) is 30.2 Å². The predicted octanol–water partition coefficient (Wildman–Crippen LogP) is 5.35. The first-order valence-corrected chi connectivity index (χ1v) is 12.3. The zero-order valence-corrected chi connectivity index (χ0v) is 20.0. The molecule has 5 rings (SSSR count). The number of nitrogens with one attached hydrogen (secondary N) is 3. The summed E-state index contributed by atoms with van der Waals surface area (Å²) in [5, 5.41) is 9.05. The molecule has 0 bridgehead atoms. The van der Waals surface area contributed by atoms with Crippen LogP contribution in [0.15, 0.2) is 48.5 Å². The fraction of sp³-hybridized carbons (Fsp3) is 0.217. The number of hydrogen-bond acceptors (Lipinski definition) is 7. The maximum Gasteiger partial charge on any atom is 0.253 e. The summed E-state index contributed by atoms with van der Waals surface area (Å²) in [5.74, 6) is -0.182. The fourth-order valence-electron chi connectivity index (χ4n) is 3.79. The predicted molar refractivity (Wildman–Crippen MR) is 132 cm³/mol. The van der Waals surface area contributed by atoms with E-state index in [0.29, 0.717) is 5.56 Å². The van der Waals surface area contributed by atoms with E-state index in [1.807, 2.05) is 35.2 Å². The van der Waals surface area contributed by atoms with Crippen molar-refractivity contribution in [3.05, 3.63) is 70.3 Å². The summed E-state index contributed by atoms with van der Waals surface area (Å²) in [6, 6.07) is 5.75. The molecule has 1 amide bonds. The number of thiophene rings is 1. The number of amides is 1. The number of aromatic amines is 1. The van der Waals surface area contributed by atoms with Gasteiger partial charge in [-0.1, -0.05) is 6.92 Å². The van der Waals surface area contributed by atoms with Gasteiger partial charge < -0.3 is 15.6 Å². The molecule has 3 N–H and O–H groups in total. The second-order valence-corrected chi connectivity index (χ2v) is 9.85. The maximum absolute atomic E-state index is 13.3. The summed E-state index contributed by atoms with van der Waals surface area (Å²) < 4.78 is 1.97. The van der Waals surface area contributed by atoms with Crippen LogP contribution < -0.4 is 10.6 Å². The number of carbonyl (C=O) groups is 1. The summed E-state index contributed by atoms with van der Waals surface area (Å²) >= 11 is 3.19. The number of aromatic nitrogens is 5. The average molecular weight is 478 g/mol. The summed E-state index contributed by atoms with van der Waals surface area (Å²) in [6.07, 6.45) is 7.91. The second kappa shape index (κ2) is 8.80. The van der Waals surface area contributed by atoms with Crippen LogP contribution in [0.2, 0.25) is 0 Å². The molecule has 0 aliphatic rings. The van der Waals surface area contributed by atoms with E-state index < -0.39 is 0 Å². The number of pyridine rings is 1. The van der Waals surface area contributed by atoms with Gasteiger partial charge in [0.2, 0.25) is 0 Å². The number of thiazole rings is 1. The van der Waals surface area contributed by atoms with Gasteiger partial charge in [-0.25, -0.2) is 15.0 Å². The molecule has 5 aromatic rings. The van der Waals surface area contributed by atoms with Crippen LogP contribution in [0.4, 0.5) is 10.8 Å². The molecule has 0 saturated heterocycles. The molecule has 33 heavy (non-hydrogen) atoms. The SMILES string of the molecule is CCc1[nH]cnc1C(C)NC(=O)c1cc(Nc2nccs2)c2ncc(-c3ccc(C)s3)n2c1. The van der Waals surface area contributed by atoms with E-state index in [2.05, 4.69) is 56.5 Å². The lowest BCUT2D eigenvalue weighted by Crippen LogP contribution is -2.28. The molecular formula is C23H23N7OS2. The van der Waals surface area contributed by atoms with E-state index in [1.54, 1.807) is 23.9 Å². The Hall–Kier alpha value is -3.50. The van der Waals surface area contributed by atoms with E-state index in [4.69, 9.17) is 0 Å². The van der Waals surface area contributed by atoms with E-state index >= 15 is 0 Å². The van der Waals surface area contributed by atoms with Gasteiger partial charge in [-0.05, 0) is 38.5 Å². The van der Waals surface area contributed by atoms with Crippen molar-refractivity contribution in [3.8, 4) is 10.6 Å². The molecule has 10 heteroatoms. The number of nitrogens with zero attached hydrogens (tertiary/aromatic N) is 4. The van der Waals surface area contributed by atoms with Crippen LogP contribution in [0.25, 0.3) is 16.2 Å². The van der Waals surface area contributed by atoms with Crippen molar-refractivity contribution in [2.45, 2.75) is 33.2 Å². The Balaban J connectivity index is 1.55. The Morgan fingerprint density at radius 2 is 2.15 bits per heavy atom. The van der Waals surface area contributed by atoms with E-state index in [-0.39, 0.29) is 11.9 Å². The number of aryl methyl sites for hydroxylation is 2. The van der Waals surface area contributed by atoms with Gasteiger partial charge in [-0.3, -0.25) is 9.20 Å². The lowest BCUT2D eigenvalue weighted by Gasteiger charge is -2.15. The van der Waals surface area contributed by atoms with E-state index in [0.717, 1.165) is 44.8 Å². The smallest absolute Gasteiger partial charge is 0.253 e. The number of carbonyl (C=O) groups excluding carboxylic acids is 1. The van der Waals surface area contributed by atoms with Gasteiger partial charge >= 0.3 is 0 Å². The van der Waals surface area contributed by atoms with Gasteiger partial charge in [-0.15, -0.1) is 22.7 Å². The second-order valence-electron chi connectivity index (χ2n) is 7.67. The van der Waals surface area contributed by atoms with Gasteiger partial charge in [0.15, 0.2) is 10.8 Å². The number of hydrogen-bond donors (Lipinski definition) is 3. The van der Waals surface area contributed by atoms with Gasteiger partial charge in [0, 0.05) is 28.3 Å². The maximum atomic E-state index is 13.3. The molecule has 0 radical (unpaired) electrons. The zero-order chi connectivity index (χ0) is 22.9. The highest BCUT2D eigenvalue weighted by molar-refractivity contribution is 7.15. The number of H-pyrrole nitrogens is 1. The van der Waals surface area contributed by atoms with Crippen molar-refractivity contribution in [1.82, 2.24) is 29.7 Å². The van der Waals surface area contributed by atoms with Gasteiger partial charge in [0.25, 0.3) is 5.91 Å². The number of fused-ring (bicyclic) bond motifs is 1. The first kappa shape index (κ1) is 21.4. The van der Waals surface area contributed by atoms with Crippen molar-refractivity contribution >= 4 is 45.0 Å². The molecule has 0 aliphatic heterocycles. The van der Waals surface area contributed by atoms with Crippen molar-refractivity contribution in [1.29, 1.82) is 0 Å². The highest BCUT2D eigenvalue weighted by Gasteiger charge is 2.20. The van der Waals surface area contributed by atoms with Crippen molar-refractivity contribution in [3.63, 3.8) is 0 Å². The Bertz CT molecular complexity index is 1410. The third kappa shape index (κ3) is 4.14. The Morgan fingerprint density at radius 3 is 2.88 bits per heavy atom. The topological polar surface area (TPSA) is 100 Å². The zero-order valence-electron chi connectivity index (χ0n) is 18.4. The Labute approximate surface area is 198 Å². The van der Waals surface area contributed by atoms with Crippen molar-refractivity contribution in [2.75, 3.05) is 5.32 Å². The van der Waals surface area contributed by atoms with Gasteiger partial charge in [-0.2, -0.15) is 0 Å². The standard InChI is InChI=1S/C23H23N7OS2/c1-4-16-20(27-12-26-16)14(3)28-22(31)15-9-17(29-23-24-7-8-32-23)21-25-10-18(30(21)11-15)19-6-5-13(2)33-19/h5-12,14H,4H2,1-3H3,(H,24,29)(H,26,27)(H,28,31). The van der Waals surface area contributed by atoms with Crippen molar-refractivity contribution in [2.24, 2.45) is 0 Å². The monoisotopic (exact) mass is 477 g/mol. The third-order valence-corrected chi connectivity index (χ3v) is 7.11. The molecule has 0 aromatic carbocycles. The molecule has 168 valence electrons. The van der Waals surface area contributed by atoms with Crippen LogP contribution in [-0.2, 0) is 6.42 Å². The molecule has 8 nitrogen and oxygen atoms in total. The molecule has 0 spiro atoms. The quantitative estimate of drug-likeness (QED) is 0.293. The Kier molecular flexibility index (Phi) is 5.69. The van der Waals surface area contributed by atoms with E-state index in [9.17, 15) is 4.79 Å². The average Bonchev–Trinajstić information content (AvgIpc) is 3.59. The first-order valence-electron chi connectivity index (χ1n) is 10.6. The van der Waals surface area contributed by atoms with Crippen LogP contribution in [0.3, 0.4) is 0 Å². The number of anilines is 2. The van der Waals surface area contributed by atoms with Crippen LogP contribution in [0.5, 0.6) is 0 Å². The molecule has 5 aromatic heterocycles. The molecule has 0 saturated carbocycles. The van der Waals surface area contributed by atoms with Gasteiger partial charge in [0.1, 0.15) is 0 Å². The minimum atomic E-state index is -0.230. The van der Waals surface area contributed by atoms with Crippen LogP contribution >= 0.6 is 22.7 Å². The van der Waals surface area contributed by atoms with E-state index in [1.165, 1.54) is 16.2 Å². The fourth-order valence-corrected chi connectivity index (χ4v) is 5.21. The summed E-state index contributed by atoms with van der Waals surface area (Å²) in [4.78, 5) is 32.1. The highest BCUT2D eigenvalue weighted by Crippen LogP contribution is 2.32. The Morgan fingerprint density at radius 1 is 1.27 bits per heavy atom. The highest BCUT2D eigenvalue weighted by atomic mass is 32.1. The lowest BCUT2D eigenvalue weighted by molar-refractivity contribution is 0.0938. The molecule has 0 aliphatic carbocycles.